The lowest BCUT2D eigenvalue weighted by Crippen LogP contribution is -2.47. The number of carboxylic acid groups (broad SMARTS) is 1. The Bertz CT molecular complexity index is 267. The first-order valence-electron chi connectivity index (χ1n) is 5.86. The molecule has 2 aliphatic rings. The first-order chi connectivity index (χ1) is 6.89. The Labute approximate surface area is 91.5 Å². The third-order valence-electron chi connectivity index (χ3n) is 4.05. The van der Waals surface area contributed by atoms with Crippen molar-refractivity contribution >= 4 is 5.97 Å². The van der Waals surface area contributed by atoms with E-state index in [2.05, 4.69) is 25.7 Å². The molecule has 3 nitrogen and oxygen atoms in total. The van der Waals surface area contributed by atoms with E-state index in [9.17, 15) is 4.79 Å². The molecule has 2 atom stereocenters. The normalized spacial score (nSPS) is 36.5. The average molecular weight is 211 g/mol. The topological polar surface area (TPSA) is 40.5 Å². The molecular formula is C12H21NO2. The van der Waals surface area contributed by atoms with Crippen molar-refractivity contribution in [3.8, 4) is 0 Å². The van der Waals surface area contributed by atoms with Gasteiger partial charge in [-0.05, 0) is 24.2 Å². The fourth-order valence-corrected chi connectivity index (χ4v) is 3.10. The number of hydrogen-bond donors (Lipinski definition) is 1. The van der Waals surface area contributed by atoms with Crippen molar-refractivity contribution in [1.29, 1.82) is 0 Å². The minimum Gasteiger partial charge on any atom is -0.481 e. The smallest absolute Gasteiger partial charge is 0.308 e. The number of nitrogens with zero attached hydrogens (tertiary/aromatic N) is 1. The number of hydrogen-bond acceptors (Lipinski definition) is 2. The van der Waals surface area contributed by atoms with Gasteiger partial charge in [-0.3, -0.25) is 9.69 Å². The van der Waals surface area contributed by atoms with Crippen LogP contribution < -0.4 is 0 Å². The maximum atomic E-state index is 11.0. The number of rotatable bonds is 2. The molecule has 3 heteroatoms. The Morgan fingerprint density at radius 1 is 1.33 bits per heavy atom. The molecular weight excluding hydrogens is 190 g/mol. The van der Waals surface area contributed by atoms with Gasteiger partial charge in [-0.25, -0.2) is 0 Å². The van der Waals surface area contributed by atoms with Gasteiger partial charge in [-0.2, -0.15) is 0 Å². The highest BCUT2D eigenvalue weighted by atomic mass is 16.4. The van der Waals surface area contributed by atoms with Crippen LogP contribution in [-0.4, -0.2) is 35.1 Å². The fraction of sp³-hybridized carbons (Fsp3) is 0.917. The monoisotopic (exact) mass is 211 g/mol. The Kier molecular flexibility index (Phi) is 2.53. The van der Waals surface area contributed by atoms with Gasteiger partial charge < -0.3 is 5.11 Å². The lowest BCUT2D eigenvalue weighted by atomic mass is 9.68. The van der Waals surface area contributed by atoms with E-state index >= 15 is 0 Å². The summed E-state index contributed by atoms with van der Waals surface area (Å²) >= 11 is 0. The largest absolute Gasteiger partial charge is 0.481 e. The zero-order valence-corrected chi connectivity index (χ0v) is 9.86. The Morgan fingerprint density at radius 3 is 2.33 bits per heavy atom. The number of carboxylic acids is 1. The van der Waals surface area contributed by atoms with Gasteiger partial charge in [0.25, 0.3) is 0 Å². The fourth-order valence-electron chi connectivity index (χ4n) is 3.10. The van der Waals surface area contributed by atoms with Crippen molar-refractivity contribution in [2.75, 3.05) is 13.1 Å². The summed E-state index contributed by atoms with van der Waals surface area (Å²) in [4.78, 5) is 13.4. The van der Waals surface area contributed by atoms with Crippen LogP contribution in [0.5, 0.6) is 0 Å². The summed E-state index contributed by atoms with van der Waals surface area (Å²) in [5.41, 5.74) is 0.481. The van der Waals surface area contributed by atoms with E-state index in [1.807, 2.05) is 0 Å². The summed E-state index contributed by atoms with van der Waals surface area (Å²) in [6.07, 6.45) is 2.46. The van der Waals surface area contributed by atoms with Gasteiger partial charge in [-0.1, -0.05) is 20.8 Å². The van der Waals surface area contributed by atoms with Gasteiger partial charge >= 0.3 is 5.97 Å². The summed E-state index contributed by atoms with van der Waals surface area (Å²) in [7, 11) is 0. The van der Waals surface area contributed by atoms with E-state index in [0.29, 0.717) is 17.4 Å². The van der Waals surface area contributed by atoms with Crippen LogP contribution in [0.15, 0.2) is 0 Å². The standard InChI is InChI=1S/C12H21NO2/c1-8-6-13(7-10(8)11(14)15)9-4-12(2,3)5-9/h8-10H,4-7H2,1-3H3,(H,14,15). The molecule has 2 unspecified atom stereocenters. The molecule has 2 rings (SSSR count). The highest BCUT2D eigenvalue weighted by Crippen LogP contribution is 2.44. The van der Waals surface area contributed by atoms with Crippen LogP contribution in [-0.2, 0) is 4.79 Å². The maximum absolute atomic E-state index is 11.0. The predicted molar refractivity (Wildman–Crippen MR) is 58.7 cm³/mol. The quantitative estimate of drug-likeness (QED) is 0.757. The summed E-state index contributed by atoms with van der Waals surface area (Å²) in [6, 6.07) is 0.645. The highest BCUT2D eigenvalue weighted by molar-refractivity contribution is 5.71. The molecule has 0 bridgehead atoms. The van der Waals surface area contributed by atoms with Crippen molar-refractivity contribution in [2.45, 2.75) is 39.7 Å². The van der Waals surface area contributed by atoms with E-state index in [-0.39, 0.29) is 5.92 Å². The second-order valence-corrected chi connectivity index (χ2v) is 6.10. The molecule has 0 amide bonds. The Morgan fingerprint density at radius 2 is 1.93 bits per heavy atom. The molecule has 1 saturated carbocycles. The summed E-state index contributed by atoms with van der Waals surface area (Å²) in [5, 5.41) is 9.05. The van der Waals surface area contributed by atoms with Crippen LogP contribution in [0.1, 0.15) is 33.6 Å². The molecule has 0 aromatic heterocycles. The molecule has 2 fully saturated rings. The van der Waals surface area contributed by atoms with Crippen LogP contribution in [0.25, 0.3) is 0 Å². The zero-order valence-electron chi connectivity index (χ0n) is 9.86. The van der Waals surface area contributed by atoms with Crippen LogP contribution in [0, 0.1) is 17.3 Å². The van der Waals surface area contributed by atoms with Crippen molar-refractivity contribution < 1.29 is 9.90 Å². The third kappa shape index (κ3) is 2.03. The second-order valence-electron chi connectivity index (χ2n) is 6.10. The van der Waals surface area contributed by atoms with Crippen LogP contribution >= 0.6 is 0 Å². The maximum Gasteiger partial charge on any atom is 0.308 e. The van der Waals surface area contributed by atoms with Gasteiger partial charge in [0.05, 0.1) is 5.92 Å². The number of aliphatic carboxylic acids is 1. The first kappa shape index (κ1) is 10.9. The molecule has 0 radical (unpaired) electrons. The van der Waals surface area contributed by atoms with E-state index in [0.717, 1.165) is 13.1 Å². The van der Waals surface area contributed by atoms with Gasteiger partial charge in [0.2, 0.25) is 0 Å². The Balaban J connectivity index is 1.90. The van der Waals surface area contributed by atoms with Crippen molar-refractivity contribution in [3.05, 3.63) is 0 Å². The SMILES string of the molecule is CC1CN(C2CC(C)(C)C2)CC1C(=O)O. The minimum absolute atomic E-state index is 0.145. The van der Waals surface area contributed by atoms with E-state index in [1.165, 1.54) is 12.8 Å². The van der Waals surface area contributed by atoms with E-state index in [4.69, 9.17) is 5.11 Å². The predicted octanol–water partition coefficient (Wildman–Crippen LogP) is 1.83. The molecule has 1 saturated heterocycles. The first-order valence-corrected chi connectivity index (χ1v) is 5.86. The molecule has 15 heavy (non-hydrogen) atoms. The molecule has 1 N–H and O–H groups in total. The van der Waals surface area contributed by atoms with Crippen LogP contribution in [0.3, 0.4) is 0 Å². The van der Waals surface area contributed by atoms with Gasteiger partial charge in [0.1, 0.15) is 0 Å². The van der Waals surface area contributed by atoms with E-state index < -0.39 is 5.97 Å². The minimum atomic E-state index is -0.622. The van der Waals surface area contributed by atoms with Crippen LogP contribution in [0.2, 0.25) is 0 Å². The van der Waals surface area contributed by atoms with Gasteiger partial charge in [0.15, 0.2) is 0 Å². The van der Waals surface area contributed by atoms with Crippen molar-refractivity contribution in [1.82, 2.24) is 4.90 Å². The Hall–Kier alpha value is -0.570. The zero-order chi connectivity index (χ0) is 11.2. The highest BCUT2D eigenvalue weighted by Gasteiger charge is 2.44. The molecule has 0 aromatic rings. The lowest BCUT2D eigenvalue weighted by Gasteiger charge is -2.47. The second kappa shape index (κ2) is 3.48. The summed E-state index contributed by atoms with van der Waals surface area (Å²) in [6.45, 7) is 8.37. The molecule has 0 aromatic carbocycles. The van der Waals surface area contributed by atoms with Crippen molar-refractivity contribution in [2.24, 2.45) is 17.3 Å². The molecule has 1 aliphatic carbocycles. The van der Waals surface area contributed by atoms with Gasteiger partial charge in [-0.15, -0.1) is 0 Å². The number of likely N-dealkylation sites (tertiary alicyclic amines) is 1. The van der Waals surface area contributed by atoms with Crippen LogP contribution in [0.4, 0.5) is 0 Å². The number of carbonyl (C=O) groups is 1. The molecule has 1 aliphatic heterocycles. The molecule has 0 spiro atoms. The molecule has 86 valence electrons. The average Bonchev–Trinajstić information content (AvgIpc) is 2.42. The third-order valence-corrected chi connectivity index (χ3v) is 4.05. The lowest BCUT2D eigenvalue weighted by molar-refractivity contribution is -0.142. The summed E-state index contributed by atoms with van der Waals surface area (Å²) in [5.74, 6) is -0.455. The van der Waals surface area contributed by atoms with Crippen molar-refractivity contribution in [3.63, 3.8) is 0 Å². The van der Waals surface area contributed by atoms with Gasteiger partial charge in [0, 0.05) is 19.1 Å². The molecule has 1 heterocycles. The summed E-state index contributed by atoms with van der Waals surface area (Å²) < 4.78 is 0. The van der Waals surface area contributed by atoms with E-state index in [1.54, 1.807) is 0 Å².